The van der Waals surface area contributed by atoms with Gasteiger partial charge in [-0.1, -0.05) is 37.5 Å². The van der Waals surface area contributed by atoms with Gasteiger partial charge in [-0.2, -0.15) is 5.10 Å². The zero-order valence-electron chi connectivity index (χ0n) is 15.4. The maximum atomic E-state index is 5.58. The summed E-state index contributed by atoms with van der Waals surface area (Å²) in [6.45, 7) is 0. The Morgan fingerprint density at radius 3 is 2.70 bits per heavy atom. The van der Waals surface area contributed by atoms with Crippen molar-refractivity contribution >= 4 is 28.9 Å². The van der Waals surface area contributed by atoms with Gasteiger partial charge in [-0.3, -0.25) is 4.99 Å². The number of aromatic nitrogens is 1. The number of thiazole rings is 1. The van der Waals surface area contributed by atoms with Crippen molar-refractivity contribution in [3.05, 3.63) is 56.8 Å². The maximum Gasteiger partial charge on any atom is 0.206 e. The Morgan fingerprint density at radius 2 is 1.93 bits per heavy atom. The van der Waals surface area contributed by atoms with Crippen LogP contribution in [0.5, 0.6) is 5.75 Å². The molecular formula is C21H23N3OS2. The number of thiophene rings is 1. The third kappa shape index (κ3) is 4.22. The highest BCUT2D eigenvalue weighted by Crippen LogP contribution is 2.30. The summed E-state index contributed by atoms with van der Waals surface area (Å²) in [6, 6.07) is 12.6. The SMILES string of the molecule is COc1ccccc1-c1csc(=NC2CCCCC2)n1N=Cc1cccs1. The van der Waals surface area contributed by atoms with E-state index >= 15 is 0 Å². The molecule has 2 aromatic heterocycles. The first kappa shape index (κ1) is 18.2. The van der Waals surface area contributed by atoms with Crippen LogP contribution >= 0.6 is 22.7 Å². The topological polar surface area (TPSA) is 38.9 Å². The molecule has 2 heterocycles. The Hall–Kier alpha value is -2.18. The van der Waals surface area contributed by atoms with Crippen molar-refractivity contribution in [2.45, 2.75) is 38.1 Å². The van der Waals surface area contributed by atoms with Gasteiger partial charge in [0.2, 0.25) is 4.80 Å². The average molecular weight is 398 g/mol. The predicted octanol–water partition coefficient (Wildman–Crippen LogP) is 5.40. The molecule has 4 nitrogen and oxygen atoms in total. The van der Waals surface area contributed by atoms with E-state index < -0.39 is 0 Å². The van der Waals surface area contributed by atoms with Crippen molar-refractivity contribution in [2.24, 2.45) is 10.1 Å². The molecule has 4 rings (SSSR count). The average Bonchev–Trinajstić information content (AvgIpc) is 3.37. The van der Waals surface area contributed by atoms with Gasteiger partial charge >= 0.3 is 0 Å². The molecule has 1 aliphatic rings. The lowest BCUT2D eigenvalue weighted by Crippen LogP contribution is -2.19. The lowest BCUT2D eigenvalue weighted by Gasteiger charge is -2.16. The summed E-state index contributed by atoms with van der Waals surface area (Å²) >= 11 is 3.33. The standard InChI is InChI=1S/C21H23N3OS2/c1-25-20-12-6-5-11-18(20)19-15-27-21(23-16-8-3-2-4-9-16)24(19)22-14-17-10-7-13-26-17/h5-7,10-16H,2-4,8-9H2,1H3. The molecule has 1 aliphatic carbocycles. The molecule has 1 fully saturated rings. The highest BCUT2D eigenvalue weighted by molar-refractivity contribution is 7.11. The number of hydrogen-bond acceptors (Lipinski definition) is 5. The number of nitrogens with zero attached hydrogens (tertiary/aromatic N) is 3. The first-order valence-corrected chi connectivity index (χ1v) is 11.1. The van der Waals surface area contributed by atoms with Crippen LogP contribution in [0.15, 0.2) is 57.3 Å². The van der Waals surface area contributed by atoms with E-state index in [9.17, 15) is 0 Å². The summed E-state index contributed by atoms with van der Waals surface area (Å²) in [5, 5.41) is 8.98. The van der Waals surface area contributed by atoms with Crippen LogP contribution < -0.4 is 9.54 Å². The van der Waals surface area contributed by atoms with E-state index in [1.165, 1.54) is 32.1 Å². The molecule has 3 aromatic rings. The monoisotopic (exact) mass is 397 g/mol. The summed E-state index contributed by atoms with van der Waals surface area (Å²) in [6.07, 6.45) is 8.15. The van der Waals surface area contributed by atoms with Crippen molar-refractivity contribution in [2.75, 3.05) is 7.11 Å². The quantitative estimate of drug-likeness (QED) is 0.531. The van der Waals surface area contributed by atoms with E-state index in [-0.39, 0.29) is 0 Å². The minimum absolute atomic E-state index is 0.408. The highest BCUT2D eigenvalue weighted by atomic mass is 32.1. The Morgan fingerprint density at radius 1 is 1.07 bits per heavy atom. The number of benzene rings is 1. The van der Waals surface area contributed by atoms with Gasteiger partial charge in [0.25, 0.3) is 0 Å². The molecule has 1 saturated carbocycles. The number of para-hydroxylation sites is 1. The van der Waals surface area contributed by atoms with Gasteiger partial charge in [-0.15, -0.1) is 22.7 Å². The summed E-state index contributed by atoms with van der Waals surface area (Å²) in [5.41, 5.74) is 2.05. The molecule has 6 heteroatoms. The van der Waals surface area contributed by atoms with Crippen LogP contribution in [0.4, 0.5) is 0 Å². The lowest BCUT2D eigenvalue weighted by molar-refractivity contribution is 0.416. The van der Waals surface area contributed by atoms with E-state index in [4.69, 9.17) is 14.8 Å². The van der Waals surface area contributed by atoms with Crippen LogP contribution in [0.3, 0.4) is 0 Å². The maximum absolute atomic E-state index is 5.58. The summed E-state index contributed by atoms with van der Waals surface area (Å²) in [4.78, 5) is 7.13. The number of hydrogen-bond donors (Lipinski definition) is 0. The van der Waals surface area contributed by atoms with Gasteiger partial charge in [0.05, 0.1) is 25.1 Å². The minimum Gasteiger partial charge on any atom is -0.496 e. The smallest absolute Gasteiger partial charge is 0.206 e. The highest BCUT2D eigenvalue weighted by Gasteiger charge is 2.15. The second-order valence-electron chi connectivity index (χ2n) is 6.60. The van der Waals surface area contributed by atoms with Crippen LogP contribution in [0.2, 0.25) is 0 Å². The van der Waals surface area contributed by atoms with Crippen LogP contribution in [-0.4, -0.2) is 24.0 Å². The predicted molar refractivity (Wildman–Crippen MR) is 114 cm³/mol. The Kier molecular flexibility index (Phi) is 5.84. The molecule has 140 valence electrons. The molecule has 0 bridgehead atoms. The number of rotatable bonds is 5. The van der Waals surface area contributed by atoms with Crippen molar-refractivity contribution < 1.29 is 4.74 Å². The molecule has 27 heavy (non-hydrogen) atoms. The van der Waals surface area contributed by atoms with Gasteiger partial charge in [0.1, 0.15) is 5.75 Å². The first-order chi connectivity index (χ1) is 13.3. The van der Waals surface area contributed by atoms with E-state index in [1.54, 1.807) is 29.8 Å². The number of ether oxygens (including phenoxy) is 1. The van der Waals surface area contributed by atoms with Gasteiger partial charge in [0.15, 0.2) is 0 Å². The van der Waals surface area contributed by atoms with Crippen LogP contribution in [0, 0.1) is 0 Å². The summed E-state index contributed by atoms with van der Waals surface area (Å²) in [7, 11) is 1.71. The Labute approximate surface area is 167 Å². The fraction of sp³-hybridized carbons (Fsp3) is 0.333. The molecule has 0 aliphatic heterocycles. The molecule has 0 N–H and O–H groups in total. The fourth-order valence-corrected chi connectivity index (χ4v) is 4.87. The van der Waals surface area contributed by atoms with Crippen LogP contribution in [0.1, 0.15) is 37.0 Å². The molecular weight excluding hydrogens is 374 g/mol. The Balaban J connectivity index is 1.80. The van der Waals surface area contributed by atoms with Crippen molar-refractivity contribution in [1.82, 2.24) is 4.68 Å². The second kappa shape index (κ2) is 8.67. The fourth-order valence-electron chi connectivity index (χ4n) is 3.39. The number of methoxy groups -OCH3 is 1. The van der Waals surface area contributed by atoms with Crippen LogP contribution in [0.25, 0.3) is 11.3 Å². The van der Waals surface area contributed by atoms with Gasteiger partial charge < -0.3 is 4.74 Å². The van der Waals surface area contributed by atoms with Crippen LogP contribution in [-0.2, 0) is 0 Å². The molecule has 1 aromatic carbocycles. The van der Waals surface area contributed by atoms with Gasteiger partial charge in [-0.25, -0.2) is 4.68 Å². The normalized spacial score (nSPS) is 16.3. The largest absolute Gasteiger partial charge is 0.496 e. The zero-order chi connectivity index (χ0) is 18.5. The molecule has 0 radical (unpaired) electrons. The minimum atomic E-state index is 0.408. The lowest BCUT2D eigenvalue weighted by atomic mass is 9.96. The van der Waals surface area contributed by atoms with Gasteiger partial charge in [-0.05, 0) is 36.4 Å². The zero-order valence-corrected chi connectivity index (χ0v) is 17.0. The van der Waals surface area contributed by atoms with Crippen molar-refractivity contribution in [3.63, 3.8) is 0 Å². The molecule has 0 amide bonds. The van der Waals surface area contributed by atoms with E-state index in [1.807, 2.05) is 35.2 Å². The molecule has 0 atom stereocenters. The van der Waals surface area contributed by atoms with Crippen molar-refractivity contribution in [1.29, 1.82) is 0 Å². The first-order valence-electron chi connectivity index (χ1n) is 9.31. The molecule has 0 saturated heterocycles. The van der Waals surface area contributed by atoms with E-state index in [0.29, 0.717) is 6.04 Å². The third-order valence-corrected chi connectivity index (χ3v) is 6.42. The molecule has 0 spiro atoms. The Bertz CT molecular complexity index is 963. The van der Waals surface area contributed by atoms with Gasteiger partial charge in [0, 0.05) is 15.8 Å². The second-order valence-corrected chi connectivity index (χ2v) is 8.41. The van der Waals surface area contributed by atoms with E-state index in [2.05, 4.69) is 22.9 Å². The summed E-state index contributed by atoms with van der Waals surface area (Å²) < 4.78 is 7.54. The summed E-state index contributed by atoms with van der Waals surface area (Å²) in [5.74, 6) is 0.847. The third-order valence-electron chi connectivity index (χ3n) is 4.78. The van der Waals surface area contributed by atoms with E-state index in [0.717, 1.165) is 26.7 Å². The molecule has 0 unspecified atom stereocenters. The van der Waals surface area contributed by atoms with Crippen molar-refractivity contribution in [3.8, 4) is 17.0 Å².